The summed E-state index contributed by atoms with van der Waals surface area (Å²) in [6, 6.07) is 7.72. The third-order valence-corrected chi connectivity index (χ3v) is 4.48. The molecule has 2 aromatic heterocycles. The second-order valence-electron chi connectivity index (χ2n) is 6.61. The zero-order chi connectivity index (χ0) is 18.4. The normalized spacial score (nSPS) is 15.1. The lowest BCUT2D eigenvalue weighted by atomic mass is 10.2. The number of amides is 1. The maximum absolute atomic E-state index is 12.5. The van der Waals surface area contributed by atoms with Gasteiger partial charge in [-0.2, -0.15) is 0 Å². The van der Waals surface area contributed by atoms with E-state index in [0.29, 0.717) is 18.1 Å². The van der Waals surface area contributed by atoms with Crippen molar-refractivity contribution in [3.05, 3.63) is 53.5 Å². The minimum Gasteiger partial charge on any atom is -0.478 e. The standard InChI is InChI=1S/C20H26N4O2/c1-3-12-26-19-7-5-17(13-22-19)15-23-8-10-24(11-9-23)20(25)18-6-4-16(2)21-14-18/h4-7,13-14H,3,8-12,15H2,1-2H3. The van der Waals surface area contributed by atoms with Gasteiger partial charge < -0.3 is 9.64 Å². The maximum atomic E-state index is 12.5. The van der Waals surface area contributed by atoms with E-state index in [0.717, 1.165) is 50.4 Å². The Balaban J connectivity index is 1.49. The summed E-state index contributed by atoms with van der Waals surface area (Å²) in [6.07, 6.45) is 4.52. The molecule has 1 aliphatic rings. The number of hydrogen-bond acceptors (Lipinski definition) is 5. The zero-order valence-corrected chi connectivity index (χ0v) is 15.5. The number of piperazine rings is 1. The lowest BCUT2D eigenvalue weighted by Crippen LogP contribution is -2.48. The number of ether oxygens (including phenoxy) is 1. The van der Waals surface area contributed by atoms with Crippen LogP contribution in [-0.2, 0) is 6.54 Å². The van der Waals surface area contributed by atoms with Crippen molar-refractivity contribution in [1.29, 1.82) is 0 Å². The molecule has 0 bridgehead atoms. The lowest BCUT2D eigenvalue weighted by Gasteiger charge is -2.34. The molecule has 1 fully saturated rings. The van der Waals surface area contributed by atoms with E-state index < -0.39 is 0 Å². The Labute approximate surface area is 154 Å². The zero-order valence-electron chi connectivity index (χ0n) is 15.5. The van der Waals surface area contributed by atoms with Crippen LogP contribution < -0.4 is 4.74 Å². The SMILES string of the molecule is CCCOc1ccc(CN2CCN(C(=O)c3ccc(C)nc3)CC2)cn1. The fourth-order valence-electron chi connectivity index (χ4n) is 2.94. The summed E-state index contributed by atoms with van der Waals surface area (Å²) in [6.45, 7) is 8.72. The predicted octanol–water partition coefficient (Wildman–Crippen LogP) is 2.53. The third kappa shape index (κ3) is 4.79. The van der Waals surface area contributed by atoms with Gasteiger partial charge in [0.15, 0.2) is 0 Å². The van der Waals surface area contributed by atoms with Gasteiger partial charge in [0.05, 0.1) is 12.2 Å². The molecule has 0 radical (unpaired) electrons. The maximum Gasteiger partial charge on any atom is 0.255 e. The number of aryl methyl sites for hydroxylation is 1. The first-order chi connectivity index (χ1) is 12.7. The van der Waals surface area contributed by atoms with E-state index >= 15 is 0 Å². The summed E-state index contributed by atoms with van der Waals surface area (Å²) >= 11 is 0. The first-order valence-electron chi connectivity index (χ1n) is 9.17. The molecule has 0 saturated carbocycles. The fourth-order valence-corrected chi connectivity index (χ4v) is 2.94. The van der Waals surface area contributed by atoms with E-state index in [2.05, 4.69) is 27.9 Å². The average Bonchev–Trinajstić information content (AvgIpc) is 2.68. The highest BCUT2D eigenvalue weighted by molar-refractivity contribution is 5.94. The van der Waals surface area contributed by atoms with Crippen molar-refractivity contribution in [2.75, 3.05) is 32.8 Å². The lowest BCUT2D eigenvalue weighted by molar-refractivity contribution is 0.0628. The van der Waals surface area contributed by atoms with Crippen molar-refractivity contribution < 1.29 is 9.53 Å². The van der Waals surface area contributed by atoms with E-state index in [1.807, 2.05) is 36.2 Å². The molecule has 1 aliphatic heterocycles. The van der Waals surface area contributed by atoms with Crippen molar-refractivity contribution in [2.45, 2.75) is 26.8 Å². The molecule has 0 aliphatic carbocycles. The Hall–Kier alpha value is -2.47. The molecule has 26 heavy (non-hydrogen) atoms. The van der Waals surface area contributed by atoms with Gasteiger partial charge in [0, 0.05) is 56.9 Å². The molecule has 3 heterocycles. The van der Waals surface area contributed by atoms with Crippen molar-refractivity contribution in [2.24, 2.45) is 0 Å². The molecule has 1 saturated heterocycles. The third-order valence-electron chi connectivity index (χ3n) is 4.48. The van der Waals surface area contributed by atoms with Gasteiger partial charge in [-0.05, 0) is 31.0 Å². The Morgan fingerprint density at radius 1 is 1.08 bits per heavy atom. The Kier molecular flexibility index (Phi) is 6.17. The number of pyridine rings is 2. The van der Waals surface area contributed by atoms with Crippen molar-refractivity contribution in [3.63, 3.8) is 0 Å². The predicted molar refractivity (Wildman–Crippen MR) is 100 cm³/mol. The molecule has 2 aromatic rings. The molecular weight excluding hydrogens is 328 g/mol. The average molecular weight is 354 g/mol. The van der Waals surface area contributed by atoms with Gasteiger partial charge in [-0.3, -0.25) is 14.7 Å². The molecule has 3 rings (SSSR count). The van der Waals surface area contributed by atoms with E-state index in [1.165, 1.54) is 0 Å². The molecule has 0 aromatic carbocycles. The molecule has 0 N–H and O–H groups in total. The van der Waals surface area contributed by atoms with Crippen LogP contribution in [0.1, 0.15) is 35.0 Å². The number of carbonyl (C=O) groups is 1. The van der Waals surface area contributed by atoms with E-state index in [4.69, 9.17) is 4.74 Å². The number of carbonyl (C=O) groups excluding carboxylic acids is 1. The first-order valence-corrected chi connectivity index (χ1v) is 9.17. The van der Waals surface area contributed by atoms with Gasteiger partial charge in [-0.25, -0.2) is 4.98 Å². The minimum atomic E-state index is 0.0660. The molecule has 6 nitrogen and oxygen atoms in total. The number of nitrogens with zero attached hydrogens (tertiary/aromatic N) is 4. The van der Waals surface area contributed by atoms with Gasteiger partial charge in [-0.15, -0.1) is 0 Å². The molecule has 6 heteroatoms. The largest absolute Gasteiger partial charge is 0.478 e. The second-order valence-corrected chi connectivity index (χ2v) is 6.61. The first kappa shape index (κ1) is 18.3. The van der Waals surface area contributed by atoms with Crippen LogP contribution in [0.15, 0.2) is 36.7 Å². The number of aromatic nitrogens is 2. The Morgan fingerprint density at radius 2 is 1.88 bits per heavy atom. The van der Waals surface area contributed by atoms with Crippen LogP contribution in [0.25, 0.3) is 0 Å². The smallest absolute Gasteiger partial charge is 0.255 e. The highest BCUT2D eigenvalue weighted by Gasteiger charge is 2.22. The minimum absolute atomic E-state index is 0.0660. The highest BCUT2D eigenvalue weighted by Crippen LogP contribution is 2.13. The second kappa shape index (κ2) is 8.76. The summed E-state index contributed by atoms with van der Waals surface area (Å²) in [5, 5.41) is 0. The number of rotatable bonds is 6. The Bertz CT molecular complexity index is 708. The van der Waals surface area contributed by atoms with E-state index in [9.17, 15) is 4.79 Å². The molecule has 0 spiro atoms. The van der Waals surface area contributed by atoms with Crippen LogP contribution >= 0.6 is 0 Å². The van der Waals surface area contributed by atoms with Gasteiger partial charge in [-0.1, -0.05) is 13.0 Å². The van der Waals surface area contributed by atoms with Crippen molar-refractivity contribution in [1.82, 2.24) is 19.8 Å². The van der Waals surface area contributed by atoms with Crippen LogP contribution in [0.4, 0.5) is 0 Å². The molecule has 0 unspecified atom stereocenters. The van der Waals surface area contributed by atoms with Crippen LogP contribution in [0.2, 0.25) is 0 Å². The molecule has 0 atom stereocenters. The molecule has 138 valence electrons. The fraction of sp³-hybridized carbons (Fsp3) is 0.450. The van der Waals surface area contributed by atoms with Gasteiger partial charge >= 0.3 is 0 Å². The van der Waals surface area contributed by atoms with Crippen LogP contribution in [0.3, 0.4) is 0 Å². The van der Waals surface area contributed by atoms with E-state index in [1.54, 1.807) is 6.20 Å². The molecular formula is C20H26N4O2. The van der Waals surface area contributed by atoms with Gasteiger partial charge in [0.1, 0.15) is 0 Å². The van der Waals surface area contributed by atoms with Crippen molar-refractivity contribution in [3.8, 4) is 5.88 Å². The van der Waals surface area contributed by atoms with Gasteiger partial charge in [0.25, 0.3) is 5.91 Å². The van der Waals surface area contributed by atoms with E-state index in [-0.39, 0.29) is 5.91 Å². The summed E-state index contributed by atoms with van der Waals surface area (Å²) in [4.78, 5) is 25.4. The quantitative estimate of drug-likeness (QED) is 0.798. The number of hydrogen-bond donors (Lipinski definition) is 0. The summed E-state index contributed by atoms with van der Waals surface area (Å²) < 4.78 is 5.52. The topological polar surface area (TPSA) is 58.6 Å². The highest BCUT2D eigenvalue weighted by atomic mass is 16.5. The summed E-state index contributed by atoms with van der Waals surface area (Å²) in [5.41, 5.74) is 2.75. The van der Waals surface area contributed by atoms with Gasteiger partial charge in [0.2, 0.25) is 5.88 Å². The van der Waals surface area contributed by atoms with Crippen LogP contribution in [0.5, 0.6) is 5.88 Å². The Morgan fingerprint density at radius 3 is 2.50 bits per heavy atom. The summed E-state index contributed by atoms with van der Waals surface area (Å²) in [5.74, 6) is 0.744. The summed E-state index contributed by atoms with van der Waals surface area (Å²) in [7, 11) is 0. The monoisotopic (exact) mass is 354 g/mol. The molecule has 1 amide bonds. The van der Waals surface area contributed by atoms with Crippen LogP contribution in [-0.4, -0.2) is 58.5 Å². The van der Waals surface area contributed by atoms with Crippen molar-refractivity contribution >= 4 is 5.91 Å². The van der Waals surface area contributed by atoms with Crippen LogP contribution in [0, 0.1) is 6.92 Å².